The highest BCUT2D eigenvalue weighted by Crippen LogP contribution is 2.30. The lowest BCUT2D eigenvalue weighted by Gasteiger charge is -2.32. The van der Waals surface area contributed by atoms with Crippen molar-refractivity contribution in [3.8, 4) is 11.1 Å². The van der Waals surface area contributed by atoms with Gasteiger partial charge in [0.2, 0.25) is 0 Å². The number of nitrogens with zero attached hydrogens (tertiary/aromatic N) is 4. The van der Waals surface area contributed by atoms with E-state index < -0.39 is 0 Å². The number of carbonyl (C=O) groups is 1. The Morgan fingerprint density at radius 3 is 2.56 bits per heavy atom. The van der Waals surface area contributed by atoms with Crippen molar-refractivity contribution in [2.24, 2.45) is 0 Å². The Hall–Kier alpha value is -3.98. The average molecular weight is 556 g/mol. The second kappa shape index (κ2) is 12.3. The van der Waals surface area contributed by atoms with Crippen molar-refractivity contribution in [1.82, 2.24) is 30.4 Å². The molecule has 3 N–H and O–H groups in total. The van der Waals surface area contributed by atoms with E-state index >= 15 is 0 Å². The molecule has 1 saturated heterocycles. The number of hydrogen-bond donors (Lipinski definition) is 3. The van der Waals surface area contributed by atoms with Crippen LogP contribution in [0.15, 0.2) is 47.5 Å². The van der Waals surface area contributed by atoms with Crippen molar-refractivity contribution in [1.29, 1.82) is 0 Å². The summed E-state index contributed by atoms with van der Waals surface area (Å²) in [5, 5.41) is 11.8. The predicted molar refractivity (Wildman–Crippen MR) is 165 cm³/mol. The van der Waals surface area contributed by atoms with Gasteiger partial charge in [-0.25, -0.2) is 4.98 Å². The molecule has 1 aliphatic rings. The Balaban J connectivity index is 1.45. The predicted octanol–water partition coefficient (Wildman–Crippen LogP) is 4.75. The molecular formula is C32H41N7O2. The topological polar surface area (TPSA) is 108 Å². The van der Waals surface area contributed by atoms with Crippen LogP contribution in [0.25, 0.3) is 22.0 Å². The van der Waals surface area contributed by atoms with E-state index in [9.17, 15) is 9.59 Å². The molecule has 0 atom stereocenters. The lowest BCUT2D eigenvalue weighted by molar-refractivity contribution is 0.0952. The van der Waals surface area contributed by atoms with Crippen LogP contribution in [0.1, 0.15) is 73.3 Å². The number of carbonyl (C=O) groups excluding carboxylic acids is 1. The molecule has 3 aromatic heterocycles. The zero-order chi connectivity index (χ0) is 29.1. The van der Waals surface area contributed by atoms with Gasteiger partial charge >= 0.3 is 0 Å². The van der Waals surface area contributed by atoms with Crippen LogP contribution in [0, 0.1) is 6.92 Å². The maximum Gasteiger partial charge on any atom is 0.253 e. The SMILES string of the molecule is CCCc1cc(C)[nH]c(=O)c1CNC(=O)c1cc(-c2ccc(N3CCC(NC)CC3)nc2)cc2c1cnn2C(C)C. The summed E-state index contributed by atoms with van der Waals surface area (Å²) in [4.78, 5) is 36.4. The first kappa shape index (κ1) is 28.5. The maximum atomic E-state index is 13.7. The van der Waals surface area contributed by atoms with E-state index in [0.29, 0.717) is 17.2 Å². The van der Waals surface area contributed by atoms with Crippen molar-refractivity contribution < 1.29 is 4.79 Å². The van der Waals surface area contributed by atoms with Gasteiger partial charge in [0.1, 0.15) is 5.82 Å². The summed E-state index contributed by atoms with van der Waals surface area (Å²) in [7, 11) is 2.02. The summed E-state index contributed by atoms with van der Waals surface area (Å²) in [5.74, 6) is 0.736. The number of aryl methyl sites for hydroxylation is 2. The van der Waals surface area contributed by atoms with Crippen molar-refractivity contribution in [2.45, 2.75) is 72.0 Å². The van der Waals surface area contributed by atoms with Crippen molar-refractivity contribution in [3.63, 3.8) is 0 Å². The molecule has 1 fully saturated rings. The number of hydrogen-bond acceptors (Lipinski definition) is 6. The van der Waals surface area contributed by atoms with Crippen LogP contribution >= 0.6 is 0 Å². The third-order valence-corrected chi connectivity index (χ3v) is 8.07. The monoisotopic (exact) mass is 555 g/mol. The molecule has 0 radical (unpaired) electrons. The number of pyridine rings is 2. The lowest BCUT2D eigenvalue weighted by atomic mass is 10.00. The second-order valence-corrected chi connectivity index (χ2v) is 11.3. The number of aromatic nitrogens is 4. The van der Waals surface area contributed by atoms with Crippen LogP contribution in [0.2, 0.25) is 0 Å². The van der Waals surface area contributed by atoms with Crippen LogP contribution in [0.3, 0.4) is 0 Å². The van der Waals surface area contributed by atoms with Gasteiger partial charge in [-0.2, -0.15) is 5.10 Å². The van der Waals surface area contributed by atoms with Crippen LogP contribution < -0.4 is 21.1 Å². The number of nitrogens with one attached hydrogen (secondary N) is 3. The zero-order valence-corrected chi connectivity index (χ0v) is 24.8. The molecule has 1 aliphatic heterocycles. The summed E-state index contributed by atoms with van der Waals surface area (Å²) >= 11 is 0. The molecule has 41 heavy (non-hydrogen) atoms. The number of anilines is 1. The Bertz CT molecular complexity index is 1580. The number of H-pyrrole nitrogens is 1. The molecule has 0 saturated carbocycles. The molecular weight excluding hydrogens is 514 g/mol. The molecule has 0 unspecified atom stereocenters. The minimum Gasteiger partial charge on any atom is -0.357 e. The Kier molecular flexibility index (Phi) is 8.54. The molecule has 0 spiro atoms. The largest absolute Gasteiger partial charge is 0.357 e. The molecule has 0 aliphatic carbocycles. The second-order valence-electron chi connectivity index (χ2n) is 11.3. The Morgan fingerprint density at radius 2 is 1.90 bits per heavy atom. The number of rotatable bonds is 9. The number of amides is 1. The Morgan fingerprint density at radius 1 is 1.12 bits per heavy atom. The molecule has 0 bridgehead atoms. The van der Waals surface area contributed by atoms with E-state index in [1.165, 1.54) is 0 Å². The third-order valence-electron chi connectivity index (χ3n) is 8.07. The van der Waals surface area contributed by atoms with Crippen molar-refractivity contribution in [2.75, 3.05) is 25.0 Å². The van der Waals surface area contributed by atoms with E-state index in [-0.39, 0.29) is 24.1 Å². The zero-order valence-electron chi connectivity index (χ0n) is 24.8. The van der Waals surface area contributed by atoms with Gasteiger partial charge in [0, 0.05) is 60.1 Å². The van der Waals surface area contributed by atoms with Gasteiger partial charge in [0.05, 0.1) is 17.3 Å². The molecule has 1 aromatic carbocycles. The quantitative estimate of drug-likeness (QED) is 0.275. The number of aromatic amines is 1. The van der Waals surface area contributed by atoms with Gasteiger partial charge in [-0.1, -0.05) is 13.3 Å². The van der Waals surface area contributed by atoms with Gasteiger partial charge < -0.3 is 20.5 Å². The van der Waals surface area contributed by atoms with E-state index in [1.807, 2.05) is 37.0 Å². The average Bonchev–Trinajstić information content (AvgIpc) is 3.41. The summed E-state index contributed by atoms with van der Waals surface area (Å²) in [6.45, 7) is 10.2. The van der Waals surface area contributed by atoms with Gasteiger partial charge in [-0.15, -0.1) is 0 Å². The number of fused-ring (bicyclic) bond motifs is 1. The van der Waals surface area contributed by atoms with Gasteiger partial charge in [-0.05, 0) is 88.5 Å². The first-order valence-corrected chi connectivity index (χ1v) is 14.7. The first-order valence-electron chi connectivity index (χ1n) is 14.7. The van der Waals surface area contributed by atoms with E-state index in [1.54, 1.807) is 6.20 Å². The number of benzene rings is 1. The number of piperidine rings is 1. The molecule has 4 aromatic rings. The van der Waals surface area contributed by atoms with Gasteiger partial charge in [-0.3, -0.25) is 14.3 Å². The highest BCUT2D eigenvalue weighted by atomic mass is 16.1. The third kappa shape index (κ3) is 6.05. The van der Waals surface area contributed by atoms with E-state index in [4.69, 9.17) is 4.98 Å². The lowest BCUT2D eigenvalue weighted by Crippen LogP contribution is -2.41. The normalized spacial score (nSPS) is 14.2. The molecule has 9 nitrogen and oxygen atoms in total. The minimum absolute atomic E-state index is 0.127. The maximum absolute atomic E-state index is 13.7. The molecule has 9 heteroatoms. The smallest absolute Gasteiger partial charge is 0.253 e. The summed E-state index contributed by atoms with van der Waals surface area (Å²) in [6.07, 6.45) is 7.55. The molecule has 4 heterocycles. The fourth-order valence-electron chi connectivity index (χ4n) is 5.79. The van der Waals surface area contributed by atoms with Gasteiger partial charge in [0.15, 0.2) is 0 Å². The van der Waals surface area contributed by atoms with Crippen molar-refractivity contribution >= 4 is 22.6 Å². The van der Waals surface area contributed by atoms with Gasteiger partial charge in [0.25, 0.3) is 11.5 Å². The minimum atomic E-state index is -0.237. The van der Waals surface area contributed by atoms with Crippen LogP contribution in [0.5, 0.6) is 0 Å². The van der Waals surface area contributed by atoms with E-state index in [0.717, 1.165) is 77.9 Å². The first-order chi connectivity index (χ1) is 19.8. The highest BCUT2D eigenvalue weighted by Gasteiger charge is 2.21. The van der Waals surface area contributed by atoms with Crippen LogP contribution in [0.4, 0.5) is 5.82 Å². The van der Waals surface area contributed by atoms with E-state index in [2.05, 4.69) is 64.6 Å². The Labute approximate surface area is 241 Å². The highest BCUT2D eigenvalue weighted by molar-refractivity contribution is 6.08. The summed E-state index contributed by atoms with van der Waals surface area (Å²) < 4.78 is 1.94. The molecule has 1 amide bonds. The standard InChI is InChI=1S/C32H41N7O2/c1-6-7-22-14-21(4)37-32(41)27(22)18-35-31(40)26-15-24(16-29-28(26)19-36-39(29)20(2)3)23-8-9-30(34-17-23)38-12-10-25(33-5)11-13-38/h8-9,14-17,19-20,25,33H,6-7,10-13,18H2,1-5H3,(H,35,40)(H,37,41). The summed E-state index contributed by atoms with van der Waals surface area (Å²) in [6, 6.07) is 10.8. The van der Waals surface area contributed by atoms with Crippen LogP contribution in [-0.4, -0.2) is 51.8 Å². The van der Waals surface area contributed by atoms with Crippen molar-refractivity contribution in [3.05, 3.63) is 75.5 Å². The molecule has 216 valence electrons. The molecule has 5 rings (SSSR count). The van der Waals surface area contributed by atoms with Crippen LogP contribution in [-0.2, 0) is 13.0 Å². The fourth-order valence-corrected chi connectivity index (χ4v) is 5.79. The fraction of sp³-hybridized carbons (Fsp3) is 0.438. The summed E-state index contributed by atoms with van der Waals surface area (Å²) in [5.41, 5.74) is 5.51.